The second kappa shape index (κ2) is 17.2. The number of fused-ring (bicyclic) bond motifs is 1. The number of phenols is 1. The Hall–Kier alpha value is -7.82. The molecule has 0 aliphatic carbocycles. The Morgan fingerprint density at radius 2 is 1.04 bits per heavy atom. The van der Waals surface area contributed by atoms with Crippen LogP contribution in [-0.2, 0) is 10.8 Å². The van der Waals surface area contributed by atoms with Crippen molar-refractivity contribution in [2.24, 2.45) is 0 Å². The molecule has 0 fully saturated rings. The van der Waals surface area contributed by atoms with E-state index in [1.165, 1.54) is 5.56 Å². The molecule has 0 aliphatic rings. The van der Waals surface area contributed by atoms with Crippen molar-refractivity contribution in [3.8, 4) is 89.7 Å². The number of pyridine rings is 1. The summed E-state index contributed by atoms with van der Waals surface area (Å²) in [4.78, 5) is 10.5. The number of hydrogen-bond acceptors (Lipinski definition) is 3. The molecule has 4 heteroatoms. The molecule has 0 amide bonds. The average molecular weight is 873 g/mol. The maximum absolute atomic E-state index is 11.8. The first-order valence-electron chi connectivity index (χ1n) is 24.4. The van der Waals surface area contributed by atoms with Crippen LogP contribution in [0.1, 0.15) is 62.3 Å². The van der Waals surface area contributed by atoms with Crippen LogP contribution >= 0.6 is 0 Å². The van der Waals surface area contributed by atoms with Gasteiger partial charge >= 0.3 is 0 Å². The molecule has 0 atom stereocenters. The van der Waals surface area contributed by atoms with E-state index >= 15 is 0 Å². The van der Waals surface area contributed by atoms with Crippen LogP contribution in [0.2, 0.25) is 0 Å². The van der Waals surface area contributed by atoms with E-state index in [9.17, 15) is 5.11 Å². The largest absolute Gasteiger partial charge is 0.507 e. The lowest BCUT2D eigenvalue weighted by molar-refractivity contribution is 0.475. The zero-order valence-electron chi connectivity index (χ0n) is 41.8. The van der Waals surface area contributed by atoms with Gasteiger partial charge < -0.3 is 5.11 Å². The molecule has 0 aliphatic heterocycles. The molecule has 0 unspecified atom stereocenters. The minimum atomic E-state index is -2.32. The molecule has 328 valence electrons. The molecule has 67 heavy (non-hydrogen) atoms. The predicted octanol–water partition coefficient (Wildman–Crippen LogP) is 16.7. The van der Waals surface area contributed by atoms with Crippen LogP contribution in [0.5, 0.6) is 5.75 Å². The molecule has 0 spiro atoms. The van der Waals surface area contributed by atoms with Crippen LogP contribution in [0.15, 0.2) is 200 Å². The molecule has 10 rings (SSSR count). The monoisotopic (exact) mass is 872 g/mol. The summed E-state index contributed by atoms with van der Waals surface area (Å²) in [6.45, 7) is 10.9. The van der Waals surface area contributed by atoms with Crippen molar-refractivity contribution in [1.29, 1.82) is 0 Å². The van der Waals surface area contributed by atoms with Gasteiger partial charge in [0.2, 0.25) is 0 Å². The highest BCUT2D eigenvalue weighted by Gasteiger charge is 2.26. The average Bonchev–Trinajstić information content (AvgIpc) is 3.75. The molecule has 0 radical (unpaired) electrons. The first kappa shape index (κ1) is 39.5. The topological polar surface area (TPSA) is 50.9 Å². The van der Waals surface area contributed by atoms with Gasteiger partial charge in [0.25, 0.3) is 0 Å². The molecular weight excluding hydrogens is 815 g/mol. The Morgan fingerprint density at radius 1 is 0.448 bits per heavy atom. The second-order valence-electron chi connectivity index (χ2n) is 19.5. The first-order chi connectivity index (χ1) is 33.5. The summed E-state index contributed by atoms with van der Waals surface area (Å²) in [7, 11) is 0. The van der Waals surface area contributed by atoms with E-state index in [1.807, 2.05) is 84.9 Å². The molecule has 4 nitrogen and oxygen atoms in total. The first-order valence-corrected chi connectivity index (χ1v) is 22.9. The lowest BCUT2D eigenvalue weighted by Gasteiger charge is -2.23. The Morgan fingerprint density at radius 3 is 1.72 bits per heavy atom. The molecular formula is C63H55N3O. The quantitative estimate of drug-likeness (QED) is 0.165. The summed E-state index contributed by atoms with van der Waals surface area (Å²) < 4.78 is 27.7. The lowest BCUT2D eigenvalue weighted by atomic mass is 9.84. The number of hydrogen-bond donors (Lipinski definition) is 1. The molecule has 0 saturated carbocycles. The molecule has 0 bridgehead atoms. The van der Waals surface area contributed by atoms with Gasteiger partial charge in [-0.05, 0) is 140 Å². The summed E-state index contributed by atoms with van der Waals surface area (Å²) in [5.74, 6) is 0.786. The molecule has 1 N–H and O–H groups in total. The van der Waals surface area contributed by atoms with E-state index in [4.69, 9.17) is 14.1 Å². The zero-order chi connectivity index (χ0) is 49.0. The molecule has 2 heterocycles. The number of phenolic OH excluding ortho intramolecular Hbond substituents is 1. The fourth-order valence-electron chi connectivity index (χ4n) is 9.07. The summed E-state index contributed by atoms with van der Waals surface area (Å²) in [6.07, 6.45) is 1.79. The molecule has 2 aromatic heterocycles. The number of nitrogens with zero attached hydrogens (tertiary/aromatic N) is 3. The summed E-state index contributed by atoms with van der Waals surface area (Å²) in [6, 6.07) is 65.6. The van der Waals surface area contributed by atoms with Crippen LogP contribution in [0.3, 0.4) is 0 Å². The van der Waals surface area contributed by atoms with E-state index in [-0.39, 0.29) is 16.6 Å². The predicted molar refractivity (Wildman–Crippen MR) is 281 cm³/mol. The normalized spacial score (nSPS) is 12.7. The van der Waals surface area contributed by atoms with Gasteiger partial charge in [0, 0.05) is 27.0 Å². The maximum atomic E-state index is 11.8. The van der Waals surface area contributed by atoms with E-state index < -0.39 is 6.85 Å². The molecule has 0 saturated heterocycles. The van der Waals surface area contributed by atoms with Crippen molar-refractivity contribution < 1.29 is 9.22 Å². The summed E-state index contributed by atoms with van der Waals surface area (Å²) in [5, 5.41) is 11.8. The van der Waals surface area contributed by atoms with E-state index in [2.05, 4.69) is 143 Å². The van der Waals surface area contributed by atoms with Crippen LogP contribution < -0.4 is 0 Å². The van der Waals surface area contributed by atoms with Gasteiger partial charge in [-0.15, -0.1) is 0 Å². The van der Waals surface area contributed by atoms with Crippen LogP contribution in [0, 0.1) is 6.85 Å². The van der Waals surface area contributed by atoms with Crippen LogP contribution in [0.4, 0.5) is 0 Å². The second-order valence-corrected chi connectivity index (χ2v) is 19.5. The van der Waals surface area contributed by atoms with E-state index in [0.717, 1.165) is 83.6 Å². The van der Waals surface area contributed by atoms with Crippen molar-refractivity contribution in [3.05, 3.63) is 217 Å². The van der Waals surface area contributed by atoms with Crippen LogP contribution in [-0.4, -0.2) is 19.6 Å². The van der Waals surface area contributed by atoms with Gasteiger partial charge in [-0.25, -0.2) is 4.98 Å². The number of aromatic nitrogens is 3. The van der Waals surface area contributed by atoms with Crippen LogP contribution in [0.25, 0.3) is 95.0 Å². The third kappa shape index (κ3) is 8.48. The van der Waals surface area contributed by atoms with Gasteiger partial charge in [0.15, 0.2) is 0 Å². The SMILES string of the molecule is [2H]C([2H])([2H])c1cc(-c2ccnc(-c3cc(-c4ccccc4)cc(-c4cccc5c4nc(-c4cc(C(C)(C)C)ccc4O)n5-c4ccc(C(C)(C)C)cc4-c4ccccc4)c3)c2)ccc1-c1ccccc1. The zero-order valence-corrected chi connectivity index (χ0v) is 38.8. The number of aromatic hydroxyl groups is 1. The number of imidazole rings is 1. The van der Waals surface area contributed by atoms with E-state index in [1.54, 1.807) is 18.3 Å². The summed E-state index contributed by atoms with van der Waals surface area (Å²) in [5.41, 5.74) is 16.5. The third-order valence-electron chi connectivity index (χ3n) is 12.8. The fraction of sp³-hybridized carbons (Fsp3) is 0.143. The summed E-state index contributed by atoms with van der Waals surface area (Å²) >= 11 is 0. The van der Waals surface area contributed by atoms with Crippen molar-refractivity contribution >= 4 is 11.0 Å². The van der Waals surface area contributed by atoms with Gasteiger partial charge in [0.1, 0.15) is 11.6 Å². The highest BCUT2D eigenvalue weighted by atomic mass is 16.3. The smallest absolute Gasteiger partial charge is 0.149 e. The van der Waals surface area contributed by atoms with Crippen molar-refractivity contribution in [1.82, 2.24) is 14.5 Å². The van der Waals surface area contributed by atoms with Gasteiger partial charge in [-0.3, -0.25) is 9.55 Å². The minimum Gasteiger partial charge on any atom is -0.507 e. The highest BCUT2D eigenvalue weighted by Crippen LogP contribution is 2.43. The fourth-order valence-corrected chi connectivity index (χ4v) is 9.07. The Labute approximate surface area is 399 Å². The van der Waals surface area contributed by atoms with E-state index in [0.29, 0.717) is 22.5 Å². The molecule has 10 aromatic rings. The standard InChI is InChI=1S/C63H55N3O/c1-41-34-45(26-29-52(41)43-20-13-9-14-21-43)46-32-33-64-56(38-46)49-36-47(42-18-11-8-12-19-42)35-48(37-49)53-24-17-25-58-60(53)65-61(55-40-51(63(5,6)7)28-31-59(55)67)66(58)57-30-27-50(62(2,3)4)39-54(57)44-22-15-10-16-23-44/h8-40,67H,1-7H3/i1D3. The Kier molecular flexibility index (Phi) is 10.1. The van der Waals surface area contributed by atoms with Gasteiger partial charge in [0.05, 0.1) is 28.0 Å². The Balaban J connectivity index is 1.20. The third-order valence-corrected chi connectivity index (χ3v) is 12.8. The van der Waals surface area contributed by atoms with Crippen molar-refractivity contribution in [2.75, 3.05) is 0 Å². The lowest BCUT2D eigenvalue weighted by Crippen LogP contribution is -2.12. The number of aryl methyl sites for hydroxylation is 1. The van der Waals surface area contributed by atoms with Gasteiger partial charge in [-0.2, -0.15) is 0 Å². The van der Waals surface area contributed by atoms with Crippen molar-refractivity contribution in [2.45, 2.75) is 59.2 Å². The minimum absolute atomic E-state index is 0.0993. The van der Waals surface area contributed by atoms with Crippen molar-refractivity contribution in [3.63, 3.8) is 0 Å². The number of rotatable bonds is 8. The number of benzene rings is 8. The number of para-hydroxylation sites is 1. The maximum Gasteiger partial charge on any atom is 0.149 e. The van der Waals surface area contributed by atoms with Gasteiger partial charge in [-0.1, -0.05) is 175 Å². The molecule has 8 aromatic carbocycles. The Bertz CT molecular complexity index is 3550. The highest BCUT2D eigenvalue weighted by molar-refractivity contribution is 5.98.